The van der Waals surface area contributed by atoms with Crippen molar-refractivity contribution in [3.8, 4) is 0 Å². The maximum Gasteiger partial charge on any atom is 0.150 e. The second-order valence-electron chi connectivity index (χ2n) is 3.66. The van der Waals surface area contributed by atoms with Gasteiger partial charge in [0.05, 0.1) is 0 Å². The molecule has 0 aromatic heterocycles. The molecule has 0 saturated heterocycles. The molecule has 13 heavy (non-hydrogen) atoms. The minimum Gasteiger partial charge on any atom is -0.298 e. The van der Waals surface area contributed by atoms with Crippen molar-refractivity contribution in [2.24, 2.45) is 0 Å². The van der Waals surface area contributed by atoms with Crippen LogP contribution in [0.1, 0.15) is 38.2 Å². The van der Waals surface area contributed by atoms with E-state index in [0.29, 0.717) is 0 Å². The van der Waals surface area contributed by atoms with Crippen LogP contribution >= 0.6 is 0 Å². The lowest BCUT2D eigenvalue weighted by Crippen LogP contribution is -2.01. The van der Waals surface area contributed by atoms with Crippen molar-refractivity contribution >= 4 is 6.29 Å². The average Bonchev–Trinajstić information content (AvgIpc) is 2.13. The van der Waals surface area contributed by atoms with Crippen molar-refractivity contribution in [1.82, 2.24) is 0 Å². The summed E-state index contributed by atoms with van der Waals surface area (Å²) in [5.74, 6) is 0. The van der Waals surface area contributed by atoms with Crippen molar-refractivity contribution in [3.63, 3.8) is 0 Å². The predicted molar refractivity (Wildman–Crippen MR) is 55.5 cm³/mol. The summed E-state index contributed by atoms with van der Waals surface area (Å²) < 4.78 is 0. The molecule has 1 nitrogen and oxygen atoms in total. The van der Waals surface area contributed by atoms with Crippen molar-refractivity contribution in [2.75, 3.05) is 0 Å². The Morgan fingerprint density at radius 1 is 0.692 bits per heavy atom. The van der Waals surface area contributed by atoms with E-state index in [4.69, 9.17) is 0 Å². The Kier molecular flexibility index (Phi) is 2.55. The Morgan fingerprint density at radius 3 is 1.31 bits per heavy atom. The predicted octanol–water partition coefficient (Wildman–Crippen LogP) is 3.04. The zero-order chi connectivity index (χ0) is 10.2. The minimum atomic E-state index is 0.862. The molecule has 0 bridgehead atoms. The summed E-state index contributed by atoms with van der Waals surface area (Å²) in [6.07, 6.45) is 0.962. The van der Waals surface area contributed by atoms with E-state index in [1.54, 1.807) is 0 Å². The van der Waals surface area contributed by atoms with Crippen molar-refractivity contribution in [3.05, 3.63) is 33.4 Å². The largest absolute Gasteiger partial charge is 0.298 e. The van der Waals surface area contributed by atoms with Crippen LogP contribution in [-0.2, 0) is 0 Å². The summed E-state index contributed by atoms with van der Waals surface area (Å²) in [6, 6.07) is 0. The van der Waals surface area contributed by atoms with Gasteiger partial charge in [0.15, 0.2) is 6.29 Å². The number of aldehydes is 1. The number of benzene rings is 1. The highest BCUT2D eigenvalue weighted by Crippen LogP contribution is 2.24. The molecule has 1 heteroatoms. The zero-order valence-electron chi connectivity index (χ0n) is 8.99. The van der Waals surface area contributed by atoms with E-state index in [-0.39, 0.29) is 0 Å². The second-order valence-corrected chi connectivity index (χ2v) is 3.66. The maximum atomic E-state index is 10.9. The summed E-state index contributed by atoms with van der Waals surface area (Å²) in [7, 11) is 0. The van der Waals surface area contributed by atoms with Crippen LogP contribution in [0.25, 0.3) is 0 Å². The van der Waals surface area contributed by atoms with E-state index < -0.39 is 0 Å². The smallest absolute Gasteiger partial charge is 0.150 e. The van der Waals surface area contributed by atoms with Crippen molar-refractivity contribution < 1.29 is 4.79 Å². The average molecular weight is 176 g/mol. The molecule has 0 N–H and O–H groups in total. The third-order valence-electron chi connectivity index (χ3n) is 3.18. The van der Waals surface area contributed by atoms with Gasteiger partial charge in [0.25, 0.3) is 0 Å². The van der Waals surface area contributed by atoms with Crippen molar-refractivity contribution in [1.29, 1.82) is 0 Å². The van der Waals surface area contributed by atoms with Gasteiger partial charge in [0.2, 0.25) is 0 Å². The summed E-state index contributed by atoms with van der Waals surface area (Å²) >= 11 is 0. The molecule has 0 atom stereocenters. The first-order valence-corrected chi connectivity index (χ1v) is 4.52. The fourth-order valence-corrected chi connectivity index (χ4v) is 1.71. The summed E-state index contributed by atoms with van der Waals surface area (Å²) in [5, 5.41) is 0. The van der Waals surface area contributed by atoms with Crippen LogP contribution in [0.3, 0.4) is 0 Å². The molecule has 0 heterocycles. The molecule has 0 spiro atoms. The highest BCUT2D eigenvalue weighted by atomic mass is 16.1. The molecular weight excluding hydrogens is 160 g/mol. The van der Waals surface area contributed by atoms with E-state index >= 15 is 0 Å². The number of carbonyl (C=O) groups is 1. The molecule has 0 saturated carbocycles. The van der Waals surface area contributed by atoms with Crippen LogP contribution in [-0.4, -0.2) is 6.29 Å². The number of hydrogen-bond donors (Lipinski definition) is 0. The molecule has 0 unspecified atom stereocenters. The Morgan fingerprint density at radius 2 is 1.00 bits per heavy atom. The van der Waals surface area contributed by atoms with Crippen LogP contribution in [0, 0.1) is 34.6 Å². The molecule has 0 aliphatic rings. The topological polar surface area (TPSA) is 17.1 Å². The standard InChI is InChI=1S/C12H16O/c1-7-8(2)10(4)12(6-13)11(5)9(7)3/h6H,1-5H3. The van der Waals surface area contributed by atoms with Gasteiger partial charge in [-0.05, 0) is 62.4 Å². The molecule has 0 aliphatic heterocycles. The SMILES string of the molecule is Cc1c(C)c(C)c(C=O)c(C)c1C. The lowest BCUT2D eigenvalue weighted by molar-refractivity contribution is 0.112. The van der Waals surface area contributed by atoms with E-state index in [1.807, 2.05) is 13.8 Å². The summed E-state index contributed by atoms with van der Waals surface area (Å²) in [4.78, 5) is 10.9. The highest BCUT2D eigenvalue weighted by Gasteiger charge is 2.10. The Labute approximate surface area is 79.8 Å². The van der Waals surface area contributed by atoms with Gasteiger partial charge < -0.3 is 0 Å². The molecule has 1 rings (SSSR count). The summed E-state index contributed by atoms with van der Waals surface area (Å²) in [5.41, 5.74) is 6.89. The van der Waals surface area contributed by atoms with Gasteiger partial charge in [-0.15, -0.1) is 0 Å². The molecule has 1 aromatic carbocycles. The van der Waals surface area contributed by atoms with E-state index in [1.165, 1.54) is 16.7 Å². The van der Waals surface area contributed by atoms with Crippen LogP contribution < -0.4 is 0 Å². The highest BCUT2D eigenvalue weighted by molar-refractivity contribution is 5.81. The van der Waals surface area contributed by atoms with Crippen molar-refractivity contribution in [2.45, 2.75) is 34.6 Å². The van der Waals surface area contributed by atoms with Crippen LogP contribution in [0.5, 0.6) is 0 Å². The van der Waals surface area contributed by atoms with Gasteiger partial charge in [-0.1, -0.05) is 0 Å². The molecule has 0 aliphatic carbocycles. The molecule has 1 aromatic rings. The Balaban J connectivity index is 3.66. The van der Waals surface area contributed by atoms with Gasteiger partial charge >= 0.3 is 0 Å². The normalized spacial score (nSPS) is 10.2. The molecule has 0 radical (unpaired) electrons. The second kappa shape index (κ2) is 3.33. The lowest BCUT2D eigenvalue weighted by atomic mass is 9.90. The zero-order valence-corrected chi connectivity index (χ0v) is 8.99. The third-order valence-corrected chi connectivity index (χ3v) is 3.18. The minimum absolute atomic E-state index is 0.862. The summed E-state index contributed by atoms with van der Waals surface area (Å²) in [6.45, 7) is 10.3. The van der Waals surface area contributed by atoms with Crippen LogP contribution in [0.4, 0.5) is 0 Å². The van der Waals surface area contributed by atoms with Crippen LogP contribution in [0.15, 0.2) is 0 Å². The quantitative estimate of drug-likeness (QED) is 0.601. The monoisotopic (exact) mass is 176 g/mol. The first-order valence-electron chi connectivity index (χ1n) is 4.52. The Bertz CT molecular complexity index is 333. The molecule has 70 valence electrons. The fourth-order valence-electron chi connectivity index (χ4n) is 1.71. The van der Waals surface area contributed by atoms with Crippen LogP contribution in [0.2, 0.25) is 0 Å². The van der Waals surface area contributed by atoms with Gasteiger partial charge in [-0.3, -0.25) is 4.79 Å². The molecule has 0 fully saturated rings. The maximum absolute atomic E-state index is 10.9. The Hall–Kier alpha value is -1.11. The first-order chi connectivity index (χ1) is 6.00. The third kappa shape index (κ3) is 1.39. The van der Waals surface area contributed by atoms with Gasteiger partial charge in [-0.25, -0.2) is 0 Å². The van der Waals surface area contributed by atoms with E-state index in [2.05, 4.69) is 20.8 Å². The number of carbonyl (C=O) groups excluding carboxylic acids is 1. The molecular formula is C12H16O. The van der Waals surface area contributed by atoms with Gasteiger partial charge in [-0.2, -0.15) is 0 Å². The number of rotatable bonds is 1. The van der Waals surface area contributed by atoms with E-state index in [0.717, 1.165) is 23.0 Å². The molecule has 0 amide bonds. The van der Waals surface area contributed by atoms with E-state index in [9.17, 15) is 4.79 Å². The van der Waals surface area contributed by atoms with Gasteiger partial charge in [0.1, 0.15) is 0 Å². The first kappa shape index (κ1) is 9.97. The number of hydrogen-bond acceptors (Lipinski definition) is 1. The fraction of sp³-hybridized carbons (Fsp3) is 0.417. The lowest BCUT2D eigenvalue weighted by Gasteiger charge is -2.14. The van der Waals surface area contributed by atoms with Gasteiger partial charge in [0, 0.05) is 5.56 Å².